The molecular formula is C28H31N5O2. The van der Waals surface area contributed by atoms with Crippen LogP contribution in [0.25, 0.3) is 17.1 Å². The summed E-state index contributed by atoms with van der Waals surface area (Å²) in [5.74, 6) is 0.885. The van der Waals surface area contributed by atoms with Gasteiger partial charge in [0.05, 0.1) is 23.7 Å². The molecule has 1 aliphatic rings. The number of aromatic nitrogens is 3. The maximum Gasteiger partial charge on any atom is 0.272 e. The lowest BCUT2D eigenvalue weighted by Gasteiger charge is -2.36. The van der Waals surface area contributed by atoms with Gasteiger partial charge < -0.3 is 19.1 Å². The second-order valence-corrected chi connectivity index (χ2v) is 8.85. The third-order valence-corrected chi connectivity index (χ3v) is 6.49. The molecular weight excluding hydrogens is 438 g/mol. The molecule has 0 spiro atoms. The highest BCUT2D eigenvalue weighted by atomic mass is 16.5. The second-order valence-electron chi connectivity index (χ2n) is 8.85. The number of amides is 1. The zero-order chi connectivity index (χ0) is 24.4. The number of benzene rings is 2. The van der Waals surface area contributed by atoms with E-state index >= 15 is 0 Å². The molecule has 1 fully saturated rings. The van der Waals surface area contributed by atoms with E-state index in [4.69, 9.17) is 9.84 Å². The zero-order valence-corrected chi connectivity index (χ0v) is 20.5. The number of carbonyl (C=O) groups excluding carboxylic acids is 1. The molecule has 0 aliphatic carbocycles. The Hall–Kier alpha value is -4.00. The van der Waals surface area contributed by atoms with Gasteiger partial charge in [0.2, 0.25) is 0 Å². The molecule has 2 aromatic carbocycles. The molecule has 180 valence electrons. The maximum absolute atomic E-state index is 13.8. The van der Waals surface area contributed by atoms with Gasteiger partial charge in [0, 0.05) is 39.4 Å². The predicted octanol–water partition coefficient (Wildman–Crippen LogP) is 4.55. The van der Waals surface area contributed by atoms with Gasteiger partial charge in [0.15, 0.2) is 0 Å². The van der Waals surface area contributed by atoms with Gasteiger partial charge >= 0.3 is 0 Å². The van der Waals surface area contributed by atoms with Gasteiger partial charge in [0.25, 0.3) is 5.91 Å². The van der Waals surface area contributed by atoms with Gasteiger partial charge in [-0.1, -0.05) is 29.8 Å². The Morgan fingerprint density at radius 3 is 2.40 bits per heavy atom. The van der Waals surface area contributed by atoms with E-state index in [1.807, 2.05) is 90.3 Å². The monoisotopic (exact) mass is 469 g/mol. The fourth-order valence-electron chi connectivity index (χ4n) is 4.58. The molecule has 0 N–H and O–H groups in total. The topological polar surface area (TPSA) is 55.5 Å². The summed E-state index contributed by atoms with van der Waals surface area (Å²) in [5.41, 5.74) is 5.46. The van der Waals surface area contributed by atoms with E-state index in [9.17, 15) is 4.79 Å². The average Bonchev–Trinajstić information content (AvgIpc) is 3.51. The lowest BCUT2D eigenvalue weighted by atomic mass is 10.2. The lowest BCUT2D eigenvalue weighted by molar-refractivity contribution is 0.0737. The number of hydrogen-bond donors (Lipinski definition) is 0. The first-order chi connectivity index (χ1) is 17.0. The van der Waals surface area contributed by atoms with Crippen molar-refractivity contribution in [3.8, 4) is 22.8 Å². The summed E-state index contributed by atoms with van der Waals surface area (Å²) >= 11 is 0. The van der Waals surface area contributed by atoms with Gasteiger partial charge in [-0.05, 0) is 56.3 Å². The van der Waals surface area contributed by atoms with Crippen molar-refractivity contribution in [1.29, 1.82) is 0 Å². The summed E-state index contributed by atoms with van der Waals surface area (Å²) in [6.07, 6.45) is 1.99. The molecule has 1 aliphatic heterocycles. The molecule has 0 atom stereocenters. The van der Waals surface area contributed by atoms with E-state index in [0.717, 1.165) is 41.6 Å². The highest BCUT2D eigenvalue weighted by Gasteiger charge is 2.27. The number of aryl methyl sites for hydroxylation is 2. The number of hydrogen-bond acceptors (Lipinski definition) is 4. The number of carbonyl (C=O) groups is 1. The molecule has 4 aromatic rings. The number of rotatable bonds is 6. The number of ether oxygens (including phenoxy) is 1. The standard InChI is InChI=1S/C28H31N5O2/c1-4-35-27-10-6-5-8-25(27)31-16-18-32(19-17-31)28(34)26-20-23(24-9-7-15-30(24)3)29-33(26)22-13-11-21(2)12-14-22/h5-15,20H,4,16-19H2,1-3H3. The van der Waals surface area contributed by atoms with Crippen molar-refractivity contribution in [2.45, 2.75) is 13.8 Å². The van der Waals surface area contributed by atoms with Crippen LogP contribution in [0.1, 0.15) is 23.0 Å². The summed E-state index contributed by atoms with van der Waals surface area (Å²) in [6, 6.07) is 22.1. The second kappa shape index (κ2) is 9.70. The fraction of sp³-hybridized carbons (Fsp3) is 0.286. The number of nitrogens with zero attached hydrogens (tertiary/aromatic N) is 5. The van der Waals surface area contributed by atoms with Gasteiger partial charge in [-0.3, -0.25) is 4.79 Å². The summed E-state index contributed by atoms with van der Waals surface area (Å²) in [7, 11) is 1.99. The quantitative estimate of drug-likeness (QED) is 0.416. The maximum atomic E-state index is 13.8. The third kappa shape index (κ3) is 4.54. The Kier molecular flexibility index (Phi) is 6.31. The summed E-state index contributed by atoms with van der Waals surface area (Å²) < 4.78 is 9.62. The molecule has 2 aromatic heterocycles. The molecule has 1 amide bonds. The minimum Gasteiger partial charge on any atom is -0.492 e. The smallest absolute Gasteiger partial charge is 0.272 e. The van der Waals surface area contributed by atoms with Crippen molar-refractivity contribution < 1.29 is 9.53 Å². The summed E-state index contributed by atoms with van der Waals surface area (Å²) in [6.45, 7) is 7.45. The van der Waals surface area contributed by atoms with Crippen LogP contribution in [0.2, 0.25) is 0 Å². The average molecular weight is 470 g/mol. The summed E-state index contributed by atoms with van der Waals surface area (Å²) in [4.78, 5) is 18.0. The van der Waals surface area contributed by atoms with Crippen LogP contribution in [0.5, 0.6) is 5.75 Å². The first kappa shape index (κ1) is 22.8. The molecule has 1 saturated heterocycles. The third-order valence-electron chi connectivity index (χ3n) is 6.49. The van der Waals surface area contributed by atoms with Crippen LogP contribution in [0.3, 0.4) is 0 Å². The Morgan fingerprint density at radius 1 is 0.971 bits per heavy atom. The van der Waals surface area contributed by atoms with Crippen LogP contribution < -0.4 is 9.64 Å². The van der Waals surface area contributed by atoms with Crippen LogP contribution in [0.15, 0.2) is 72.9 Å². The molecule has 35 heavy (non-hydrogen) atoms. The van der Waals surface area contributed by atoms with Crippen LogP contribution in [0, 0.1) is 6.92 Å². The van der Waals surface area contributed by atoms with E-state index < -0.39 is 0 Å². The van der Waals surface area contributed by atoms with E-state index in [-0.39, 0.29) is 5.91 Å². The van der Waals surface area contributed by atoms with Crippen molar-refractivity contribution >= 4 is 11.6 Å². The Bertz CT molecular complexity index is 1310. The lowest BCUT2D eigenvalue weighted by Crippen LogP contribution is -2.49. The SMILES string of the molecule is CCOc1ccccc1N1CCN(C(=O)c2cc(-c3cccn3C)nn2-c2ccc(C)cc2)CC1. The van der Waals surface area contributed by atoms with Gasteiger partial charge in [-0.25, -0.2) is 4.68 Å². The zero-order valence-electron chi connectivity index (χ0n) is 20.5. The molecule has 0 saturated carbocycles. The van der Waals surface area contributed by atoms with Crippen LogP contribution >= 0.6 is 0 Å². The number of piperazine rings is 1. The van der Waals surface area contributed by atoms with Crippen LogP contribution in [-0.4, -0.2) is 57.9 Å². The van der Waals surface area contributed by atoms with Crippen molar-refractivity contribution in [2.24, 2.45) is 7.05 Å². The van der Waals surface area contributed by atoms with Crippen LogP contribution in [0.4, 0.5) is 5.69 Å². The predicted molar refractivity (Wildman–Crippen MR) is 138 cm³/mol. The number of para-hydroxylation sites is 2. The van der Waals surface area contributed by atoms with E-state index in [1.54, 1.807) is 4.68 Å². The van der Waals surface area contributed by atoms with Crippen molar-refractivity contribution in [3.63, 3.8) is 0 Å². The molecule has 7 heteroatoms. The molecule has 5 rings (SSSR count). The van der Waals surface area contributed by atoms with Crippen molar-refractivity contribution in [1.82, 2.24) is 19.2 Å². The Labute approximate surface area is 206 Å². The minimum absolute atomic E-state index is 0.00345. The van der Waals surface area contributed by atoms with Gasteiger partial charge in [-0.2, -0.15) is 5.10 Å². The molecule has 0 bridgehead atoms. The highest BCUT2D eigenvalue weighted by molar-refractivity contribution is 5.94. The van der Waals surface area contributed by atoms with Gasteiger partial charge in [0.1, 0.15) is 17.1 Å². The van der Waals surface area contributed by atoms with Crippen LogP contribution in [-0.2, 0) is 7.05 Å². The fourth-order valence-corrected chi connectivity index (χ4v) is 4.58. The highest BCUT2D eigenvalue weighted by Crippen LogP contribution is 2.29. The largest absolute Gasteiger partial charge is 0.492 e. The minimum atomic E-state index is -0.00345. The molecule has 3 heterocycles. The molecule has 0 radical (unpaired) electrons. The van der Waals surface area contributed by atoms with Crippen molar-refractivity contribution in [2.75, 3.05) is 37.7 Å². The first-order valence-corrected chi connectivity index (χ1v) is 12.1. The summed E-state index contributed by atoms with van der Waals surface area (Å²) in [5, 5.41) is 4.85. The first-order valence-electron chi connectivity index (χ1n) is 12.1. The van der Waals surface area contributed by atoms with E-state index in [2.05, 4.69) is 17.9 Å². The van der Waals surface area contributed by atoms with Crippen molar-refractivity contribution in [3.05, 3.63) is 84.2 Å². The van der Waals surface area contributed by atoms with E-state index in [0.29, 0.717) is 25.4 Å². The van der Waals surface area contributed by atoms with Gasteiger partial charge in [-0.15, -0.1) is 0 Å². The normalized spacial score (nSPS) is 13.8. The molecule has 0 unspecified atom stereocenters. The Balaban J connectivity index is 1.41. The molecule has 7 nitrogen and oxygen atoms in total. The Morgan fingerprint density at radius 2 is 1.71 bits per heavy atom. The van der Waals surface area contributed by atoms with E-state index in [1.165, 1.54) is 5.56 Å². The number of anilines is 1.